The Labute approximate surface area is 42.4 Å². The van der Waals surface area contributed by atoms with Gasteiger partial charge in [-0.25, -0.2) is 0 Å². The molecule has 2 nitrogen and oxygen atoms in total. The fraction of sp³-hybridized carbons (Fsp3) is 0.200. The summed E-state index contributed by atoms with van der Waals surface area (Å²) >= 11 is 0. The Bertz CT molecular complexity index is 130. The molecular formula is C5H5N2. The predicted octanol–water partition coefficient (Wildman–Crippen LogP) is 0.201. The fourth-order valence-electron chi connectivity index (χ4n) is 0.464. The molecule has 0 amide bonds. The summed E-state index contributed by atoms with van der Waals surface area (Å²) in [5.74, 6) is 0. The standard InChI is InChI=1S/C5H5N2/c6-3-5-1-2-7-4-5/h1-2,7H,4H2. The van der Waals surface area contributed by atoms with E-state index in [1.807, 2.05) is 6.07 Å². The lowest BCUT2D eigenvalue weighted by atomic mass is 10.3. The van der Waals surface area contributed by atoms with Gasteiger partial charge in [0, 0.05) is 18.7 Å². The number of nitrogens with zero attached hydrogens (tertiary/aromatic N) is 1. The highest BCUT2D eigenvalue weighted by molar-refractivity contribution is 5.29. The third-order valence-corrected chi connectivity index (χ3v) is 0.838. The van der Waals surface area contributed by atoms with E-state index in [2.05, 4.69) is 5.32 Å². The predicted molar refractivity (Wildman–Crippen MR) is 26.0 cm³/mol. The normalized spacial score (nSPS) is 18.4. The van der Waals surface area contributed by atoms with E-state index in [-0.39, 0.29) is 0 Å². The van der Waals surface area contributed by atoms with Crippen LogP contribution in [-0.4, -0.2) is 6.54 Å². The quantitative estimate of drug-likeness (QED) is 0.464. The molecule has 0 aromatic heterocycles. The molecule has 1 aliphatic rings. The molecule has 0 atom stereocenters. The molecule has 1 rings (SSSR count). The summed E-state index contributed by atoms with van der Waals surface area (Å²) in [6, 6.07) is 2.03. The molecule has 0 saturated heterocycles. The second-order valence-corrected chi connectivity index (χ2v) is 1.35. The van der Waals surface area contributed by atoms with Crippen molar-refractivity contribution in [3.05, 3.63) is 18.2 Å². The third-order valence-electron chi connectivity index (χ3n) is 0.838. The van der Waals surface area contributed by atoms with Crippen molar-refractivity contribution >= 4 is 0 Å². The summed E-state index contributed by atoms with van der Waals surface area (Å²) < 4.78 is 0. The second-order valence-electron chi connectivity index (χ2n) is 1.35. The van der Waals surface area contributed by atoms with Crippen molar-refractivity contribution < 1.29 is 0 Å². The van der Waals surface area contributed by atoms with Crippen LogP contribution in [0.15, 0.2) is 11.6 Å². The maximum atomic E-state index is 8.19. The molecule has 0 spiro atoms. The minimum absolute atomic E-state index is 0.705. The van der Waals surface area contributed by atoms with Crippen LogP contribution in [0.25, 0.3) is 0 Å². The summed E-state index contributed by atoms with van der Waals surface area (Å²) in [6.07, 6.45) is 1.78. The van der Waals surface area contributed by atoms with Gasteiger partial charge in [0.25, 0.3) is 0 Å². The van der Waals surface area contributed by atoms with Crippen molar-refractivity contribution in [1.82, 2.24) is 5.32 Å². The molecule has 0 saturated carbocycles. The number of hydrogen-bond acceptors (Lipinski definition) is 2. The van der Waals surface area contributed by atoms with Crippen LogP contribution in [0, 0.1) is 17.9 Å². The van der Waals surface area contributed by atoms with E-state index >= 15 is 0 Å². The number of nitrogens with one attached hydrogen (secondary N) is 1. The molecule has 0 aliphatic carbocycles. The van der Waals surface area contributed by atoms with Crippen LogP contribution in [0.3, 0.4) is 0 Å². The van der Waals surface area contributed by atoms with Gasteiger partial charge in [0.2, 0.25) is 0 Å². The largest absolute Gasteiger partial charge is 0.304 e. The van der Waals surface area contributed by atoms with Gasteiger partial charge in [-0.2, -0.15) is 5.26 Å². The zero-order valence-electron chi connectivity index (χ0n) is 3.81. The lowest BCUT2D eigenvalue weighted by Gasteiger charge is -1.80. The van der Waals surface area contributed by atoms with Crippen molar-refractivity contribution in [2.24, 2.45) is 0 Å². The van der Waals surface area contributed by atoms with Gasteiger partial charge in [-0.1, -0.05) is 6.08 Å². The van der Waals surface area contributed by atoms with E-state index in [1.165, 1.54) is 0 Å². The van der Waals surface area contributed by atoms with Crippen LogP contribution < -0.4 is 5.32 Å². The Morgan fingerprint density at radius 2 is 2.71 bits per heavy atom. The first-order valence-corrected chi connectivity index (χ1v) is 2.09. The van der Waals surface area contributed by atoms with Gasteiger partial charge in [0.15, 0.2) is 0 Å². The molecule has 0 fully saturated rings. The highest BCUT2D eigenvalue weighted by atomic mass is 14.9. The van der Waals surface area contributed by atoms with E-state index in [4.69, 9.17) is 5.26 Å². The minimum atomic E-state index is 0.705. The summed E-state index contributed by atoms with van der Waals surface area (Å²) in [6.45, 7) is 2.48. The molecule has 0 bridgehead atoms. The number of rotatable bonds is 0. The summed E-state index contributed by atoms with van der Waals surface area (Å²) in [5, 5.41) is 11.1. The average Bonchev–Trinajstić information content (AvgIpc) is 2.14. The van der Waals surface area contributed by atoms with Crippen LogP contribution in [0.5, 0.6) is 0 Å². The van der Waals surface area contributed by atoms with Crippen LogP contribution in [0.2, 0.25) is 0 Å². The fourth-order valence-corrected chi connectivity index (χ4v) is 0.464. The van der Waals surface area contributed by atoms with Gasteiger partial charge in [0.05, 0.1) is 6.07 Å². The van der Waals surface area contributed by atoms with Crippen molar-refractivity contribution in [3.63, 3.8) is 0 Å². The van der Waals surface area contributed by atoms with Gasteiger partial charge in [-0.15, -0.1) is 0 Å². The summed E-state index contributed by atoms with van der Waals surface area (Å²) in [7, 11) is 0. The molecule has 1 heterocycles. The lowest BCUT2D eigenvalue weighted by Crippen LogP contribution is -2.02. The van der Waals surface area contributed by atoms with Gasteiger partial charge >= 0.3 is 0 Å². The Morgan fingerprint density at radius 1 is 1.86 bits per heavy atom. The van der Waals surface area contributed by atoms with Gasteiger partial charge in [-0.05, 0) is 0 Å². The first-order chi connectivity index (χ1) is 3.43. The van der Waals surface area contributed by atoms with E-state index in [1.54, 1.807) is 12.6 Å². The Balaban J connectivity index is 2.57. The molecular weight excluding hydrogens is 88.1 g/mol. The maximum absolute atomic E-state index is 8.19. The second kappa shape index (κ2) is 1.76. The number of hydrogen-bond donors (Lipinski definition) is 1. The molecule has 35 valence electrons. The van der Waals surface area contributed by atoms with Gasteiger partial charge in [-0.3, -0.25) is 0 Å². The van der Waals surface area contributed by atoms with Crippen molar-refractivity contribution in [1.29, 1.82) is 5.26 Å². The van der Waals surface area contributed by atoms with Crippen LogP contribution in [0.4, 0.5) is 0 Å². The average molecular weight is 93.1 g/mol. The van der Waals surface area contributed by atoms with Crippen LogP contribution in [0.1, 0.15) is 0 Å². The van der Waals surface area contributed by atoms with Crippen LogP contribution >= 0.6 is 0 Å². The van der Waals surface area contributed by atoms with Crippen molar-refractivity contribution in [2.45, 2.75) is 0 Å². The summed E-state index contributed by atoms with van der Waals surface area (Å²) in [4.78, 5) is 0. The van der Waals surface area contributed by atoms with Gasteiger partial charge < -0.3 is 5.32 Å². The third kappa shape index (κ3) is 0.787. The molecule has 0 aromatic rings. The minimum Gasteiger partial charge on any atom is -0.304 e. The monoisotopic (exact) mass is 93.0 g/mol. The van der Waals surface area contributed by atoms with E-state index in [0.717, 1.165) is 5.57 Å². The molecule has 1 radical (unpaired) electrons. The first-order valence-electron chi connectivity index (χ1n) is 2.09. The van der Waals surface area contributed by atoms with Crippen molar-refractivity contribution in [2.75, 3.05) is 6.54 Å². The van der Waals surface area contributed by atoms with E-state index in [0.29, 0.717) is 6.54 Å². The SMILES string of the molecule is N#CC1=C[CH]NC1. The highest BCUT2D eigenvalue weighted by Crippen LogP contribution is 1.96. The Kier molecular flexibility index (Phi) is 1.10. The van der Waals surface area contributed by atoms with E-state index in [9.17, 15) is 0 Å². The molecule has 0 unspecified atom stereocenters. The lowest BCUT2D eigenvalue weighted by molar-refractivity contribution is 0.962. The smallest absolute Gasteiger partial charge is 0.0958 e. The first kappa shape index (κ1) is 4.35. The van der Waals surface area contributed by atoms with Gasteiger partial charge in [0.1, 0.15) is 0 Å². The van der Waals surface area contributed by atoms with Crippen molar-refractivity contribution in [3.8, 4) is 6.07 Å². The van der Waals surface area contributed by atoms with E-state index < -0.39 is 0 Å². The molecule has 1 aliphatic heterocycles. The molecule has 2 heteroatoms. The maximum Gasteiger partial charge on any atom is 0.0958 e. The Morgan fingerprint density at radius 3 is 3.00 bits per heavy atom. The molecule has 1 N–H and O–H groups in total. The molecule has 0 aromatic carbocycles. The topological polar surface area (TPSA) is 35.8 Å². The summed E-state index contributed by atoms with van der Waals surface area (Å²) in [5.41, 5.74) is 0.806. The zero-order chi connectivity index (χ0) is 5.11. The molecule has 7 heavy (non-hydrogen) atoms. The number of nitriles is 1. The van der Waals surface area contributed by atoms with Crippen LogP contribution in [-0.2, 0) is 0 Å². The Hall–Kier alpha value is -0.810. The zero-order valence-corrected chi connectivity index (χ0v) is 3.81. The highest BCUT2D eigenvalue weighted by Gasteiger charge is 1.99.